The van der Waals surface area contributed by atoms with Crippen LogP contribution >= 0.6 is 31.9 Å². The highest BCUT2D eigenvalue weighted by Crippen LogP contribution is 2.25. The van der Waals surface area contributed by atoms with E-state index in [0.29, 0.717) is 18.7 Å². The summed E-state index contributed by atoms with van der Waals surface area (Å²) in [5.41, 5.74) is 0.619. The van der Waals surface area contributed by atoms with Gasteiger partial charge in [-0.15, -0.1) is 0 Å². The van der Waals surface area contributed by atoms with Crippen LogP contribution in [0.5, 0.6) is 0 Å². The number of nitrogens with zero attached hydrogens (tertiary/aromatic N) is 1. The Kier molecular flexibility index (Phi) is 5.00. The second-order valence-corrected chi connectivity index (χ2v) is 6.34. The van der Waals surface area contributed by atoms with Crippen LogP contribution < -0.4 is 0 Å². The maximum absolute atomic E-state index is 12.5. The van der Waals surface area contributed by atoms with Crippen molar-refractivity contribution >= 4 is 37.8 Å². The first kappa shape index (κ1) is 15.0. The molecular formula is C13H15Br2NO3. The molecule has 0 radical (unpaired) electrons. The number of hydrogen-bond acceptors (Lipinski definition) is 3. The first-order valence-corrected chi connectivity index (χ1v) is 7.60. The molecule has 0 saturated carbocycles. The average molecular weight is 393 g/mol. The van der Waals surface area contributed by atoms with Crippen LogP contribution in [0.15, 0.2) is 27.1 Å². The molecule has 0 bridgehead atoms. The highest BCUT2D eigenvalue weighted by Gasteiger charge is 2.30. The Morgan fingerprint density at radius 2 is 2.26 bits per heavy atom. The molecular weight excluding hydrogens is 378 g/mol. The largest absolute Gasteiger partial charge is 0.394 e. The van der Waals surface area contributed by atoms with Crippen LogP contribution in [0.2, 0.25) is 0 Å². The van der Waals surface area contributed by atoms with E-state index < -0.39 is 0 Å². The number of benzene rings is 1. The number of carbonyl (C=O) groups excluding carboxylic acids is 1. The van der Waals surface area contributed by atoms with Gasteiger partial charge in [0.2, 0.25) is 0 Å². The van der Waals surface area contributed by atoms with Crippen molar-refractivity contribution in [2.45, 2.75) is 19.1 Å². The molecule has 1 aromatic carbocycles. The lowest BCUT2D eigenvalue weighted by molar-refractivity contribution is -0.0667. The van der Waals surface area contributed by atoms with Crippen LogP contribution in [0.25, 0.3) is 0 Å². The van der Waals surface area contributed by atoms with Gasteiger partial charge in [0.25, 0.3) is 5.91 Å². The van der Waals surface area contributed by atoms with E-state index in [2.05, 4.69) is 31.9 Å². The van der Waals surface area contributed by atoms with E-state index in [1.165, 1.54) is 0 Å². The summed E-state index contributed by atoms with van der Waals surface area (Å²) in [5.74, 6) is -0.0476. The molecule has 1 N–H and O–H groups in total. The summed E-state index contributed by atoms with van der Waals surface area (Å²) in [6, 6.07) is 5.48. The molecule has 1 aromatic rings. The molecule has 1 amide bonds. The molecule has 1 aliphatic heterocycles. The van der Waals surface area contributed by atoms with Crippen LogP contribution in [-0.4, -0.2) is 47.8 Å². The highest BCUT2D eigenvalue weighted by atomic mass is 79.9. The number of morpholine rings is 1. The van der Waals surface area contributed by atoms with E-state index in [1.807, 2.05) is 19.1 Å². The van der Waals surface area contributed by atoms with E-state index in [9.17, 15) is 4.79 Å². The zero-order valence-corrected chi connectivity index (χ0v) is 13.6. The Hall–Kier alpha value is -0.430. The van der Waals surface area contributed by atoms with Crippen molar-refractivity contribution in [3.8, 4) is 0 Å². The predicted octanol–water partition coefficient (Wildman–Crippen LogP) is 2.43. The molecule has 2 rings (SSSR count). The number of aliphatic hydroxyl groups is 1. The van der Waals surface area contributed by atoms with Crippen molar-refractivity contribution in [1.29, 1.82) is 0 Å². The minimum Gasteiger partial charge on any atom is -0.394 e. The first-order chi connectivity index (χ1) is 9.02. The fourth-order valence-electron chi connectivity index (χ4n) is 2.03. The predicted molar refractivity (Wildman–Crippen MR) is 79.2 cm³/mol. The minimum atomic E-state index is -0.297. The van der Waals surface area contributed by atoms with Gasteiger partial charge in [-0.3, -0.25) is 4.79 Å². The summed E-state index contributed by atoms with van der Waals surface area (Å²) in [5, 5.41) is 9.16. The Morgan fingerprint density at radius 1 is 1.53 bits per heavy atom. The number of carbonyl (C=O) groups is 1. The molecule has 1 fully saturated rings. The van der Waals surface area contributed by atoms with E-state index >= 15 is 0 Å². The number of halogens is 2. The van der Waals surface area contributed by atoms with Gasteiger partial charge < -0.3 is 14.7 Å². The zero-order chi connectivity index (χ0) is 14.0. The third-order valence-corrected chi connectivity index (χ3v) is 4.28. The minimum absolute atomic E-state index is 0.00541. The average Bonchev–Trinajstić information content (AvgIpc) is 2.38. The maximum Gasteiger partial charge on any atom is 0.255 e. The standard InChI is InChI=1S/C13H15Br2NO3/c1-8-7-19-10(6-17)5-16(8)13(18)11-3-2-9(14)4-12(11)15/h2-4,8,10,17H,5-7H2,1H3. The van der Waals surface area contributed by atoms with Crippen LogP contribution in [-0.2, 0) is 4.74 Å². The summed E-state index contributed by atoms with van der Waals surface area (Å²) in [7, 11) is 0. The van der Waals surface area contributed by atoms with Crippen molar-refractivity contribution < 1.29 is 14.6 Å². The molecule has 1 heterocycles. The molecule has 0 aromatic heterocycles. The topological polar surface area (TPSA) is 49.8 Å². The zero-order valence-electron chi connectivity index (χ0n) is 10.5. The van der Waals surface area contributed by atoms with E-state index in [-0.39, 0.29) is 24.7 Å². The van der Waals surface area contributed by atoms with Gasteiger partial charge >= 0.3 is 0 Å². The number of aliphatic hydroxyl groups excluding tert-OH is 1. The van der Waals surface area contributed by atoms with Gasteiger partial charge in [-0.1, -0.05) is 15.9 Å². The molecule has 6 heteroatoms. The molecule has 1 aliphatic rings. The monoisotopic (exact) mass is 391 g/mol. The summed E-state index contributed by atoms with van der Waals surface area (Å²) >= 11 is 6.77. The highest BCUT2D eigenvalue weighted by molar-refractivity contribution is 9.11. The van der Waals surface area contributed by atoms with Crippen molar-refractivity contribution in [3.63, 3.8) is 0 Å². The van der Waals surface area contributed by atoms with Crippen LogP contribution in [0.3, 0.4) is 0 Å². The maximum atomic E-state index is 12.5. The number of amides is 1. The summed E-state index contributed by atoms with van der Waals surface area (Å²) in [4.78, 5) is 14.3. The summed E-state index contributed by atoms with van der Waals surface area (Å²) < 4.78 is 7.11. The van der Waals surface area contributed by atoms with Gasteiger partial charge in [-0.25, -0.2) is 0 Å². The molecule has 19 heavy (non-hydrogen) atoms. The molecule has 0 spiro atoms. The van der Waals surface area contributed by atoms with Gasteiger partial charge in [-0.05, 0) is 41.1 Å². The Balaban J connectivity index is 2.22. The normalized spacial score (nSPS) is 23.5. The Morgan fingerprint density at radius 3 is 2.89 bits per heavy atom. The molecule has 2 atom stereocenters. The molecule has 0 aliphatic carbocycles. The van der Waals surface area contributed by atoms with Crippen LogP contribution in [0.1, 0.15) is 17.3 Å². The second-order valence-electron chi connectivity index (χ2n) is 4.57. The van der Waals surface area contributed by atoms with Crippen LogP contribution in [0, 0.1) is 0 Å². The number of ether oxygens (including phenoxy) is 1. The van der Waals surface area contributed by atoms with Crippen molar-refractivity contribution in [3.05, 3.63) is 32.7 Å². The van der Waals surface area contributed by atoms with Gasteiger partial charge in [0.05, 0.1) is 30.9 Å². The number of rotatable bonds is 2. The van der Waals surface area contributed by atoms with Gasteiger partial charge in [0.1, 0.15) is 0 Å². The van der Waals surface area contributed by atoms with Gasteiger partial charge in [-0.2, -0.15) is 0 Å². The molecule has 2 unspecified atom stereocenters. The molecule has 4 nitrogen and oxygen atoms in total. The van der Waals surface area contributed by atoms with E-state index in [4.69, 9.17) is 9.84 Å². The lowest BCUT2D eigenvalue weighted by Crippen LogP contribution is -2.52. The molecule has 1 saturated heterocycles. The second kappa shape index (κ2) is 6.35. The van der Waals surface area contributed by atoms with Crippen molar-refractivity contribution in [2.24, 2.45) is 0 Å². The Labute approximate surface area is 129 Å². The summed E-state index contributed by atoms with van der Waals surface area (Å²) in [6.07, 6.45) is -0.297. The third-order valence-electron chi connectivity index (χ3n) is 3.13. The smallest absolute Gasteiger partial charge is 0.255 e. The van der Waals surface area contributed by atoms with Crippen molar-refractivity contribution in [2.75, 3.05) is 19.8 Å². The van der Waals surface area contributed by atoms with E-state index in [1.54, 1.807) is 11.0 Å². The first-order valence-electron chi connectivity index (χ1n) is 6.01. The quantitative estimate of drug-likeness (QED) is 0.840. The third kappa shape index (κ3) is 3.37. The Bertz CT molecular complexity index is 481. The lowest BCUT2D eigenvalue weighted by atomic mass is 10.1. The lowest BCUT2D eigenvalue weighted by Gasteiger charge is -2.37. The number of hydrogen-bond donors (Lipinski definition) is 1. The van der Waals surface area contributed by atoms with Crippen molar-refractivity contribution in [1.82, 2.24) is 4.90 Å². The van der Waals surface area contributed by atoms with Gasteiger partial charge in [0, 0.05) is 15.5 Å². The SMILES string of the molecule is CC1COC(CO)CN1C(=O)c1ccc(Br)cc1Br. The fourth-order valence-corrected chi connectivity index (χ4v) is 3.25. The molecule has 104 valence electrons. The fraction of sp³-hybridized carbons (Fsp3) is 0.462. The van der Waals surface area contributed by atoms with Gasteiger partial charge in [0.15, 0.2) is 0 Å². The summed E-state index contributed by atoms with van der Waals surface area (Å²) in [6.45, 7) is 2.74. The van der Waals surface area contributed by atoms with E-state index in [0.717, 1.165) is 8.95 Å². The van der Waals surface area contributed by atoms with Crippen LogP contribution in [0.4, 0.5) is 0 Å².